The first-order chi connectivity index (χ1) is 9.87. The van der Waals surface area contributed by atoms with Crippen LogP contribution in [0.3, 0.4) is 0 Å². The number of amides is 1. The van der Waals surface area contributed by atoms with Gasteiger partial charge in [0.2, 0.25) is 0 Å². The smallest absolute Gasteiger partial charge is 0.410 e. The first-order valence-electron chi connectivity index (χ1n) is 7.51. The molecule has 0 N–H and O–H groups in total. The molecule has 0 bridgehead atoms. The molecule has 1 amide bonds. The quantitative estimate of drug-likeness (QED) is 0.835. The van der Waals surface area contributed by atoms with E-state index in [0.717, 1.165) is 19.4 Å². The normalized spacial score (nSPS) is 20.6. The van der Waals surface area contributed by atoms with Gasteiger partial charge in [0.15, 0.2) is 0 Å². The zero-order chi connectivity index (χ0) is 15.5. The minimum atomic E-state index is -0.449. The summed E-state index contributed by atoms with van der Waals surface area (Å²) in [5.74, 6) is 0. The highest BCUT2D eigenvalue weighted by atomic mass is 32.1. The fourth-order valence-corrected chi connectivity index (χ4v) is 3.16. The molecule has 4 nitrogen and oxygen atoms in total. The lowest BCUT2D eigenvalue weighted by Crippen LogP contribution is -2.41. The predicted octanol–water partition coefficient (Wildman–Crippen LogP) is 4.23. The van der Waals surface area contributed by atoms with Crippen LogP contribution in [0.25, 0.3) is 0 Å². The van der Waals surface area contributed by atoms with Crippen LogP contribution in [-0.2, 0) is 9.47 Å². The number of hydrogen-bond donors (Lipinski definition) is 0. The van der Waals surface area contributed by atoms with E-state index in [0.29, 0.717) is 6.61 Å². The summed E-state index contributed by atoms with van der Waals surface area (Å²) in [7, 11) is 0. The molecular formula is C16H25NO3S. The first kappa shape index (κ1) is 16.3. The largest absolute Gasteiger partial charge is 0.444 e. The fraction of sp³-hybridized carbons (Fsp3) is 0.688. The summed E-state index contributed by atoms with van der Waals surface area (Å²) in [6, 6.07) is 4.24. The maximum absolute atomic E-state index is 12.2. The Morgan fingerprint density at radius 2 is 2.29 bits per heavy atom. The van der Waals surface area contributed by atoms with Crippen molar-refractivity contribution in [3.8, 4) is 0 Å². The molecule has 21 heavy (non-hydrogen) atoms. The van der Waals surface area contributed by atoms with Crippen LogP contribution in [0, 0.1) is 0 Å². The van der Waals surface area contributed by atoms with Crippen molar-refractivity contribution in [1.29, 1.82) is 0 Å². The van der Waals surface area contributed by atoms with Crippen molar-refractivity contribution in [3.63, 3.8) is 0 Å². The van der Waals surface area contributed by atoms with Crippen molar-refractivity contribution in [3.05, 3.63) is 22.4 Å². The second-order valence-electron chi connectivity index (χ2n) is 6.46. The van der Waals surface area contributed by atoms with Gasteiger partial charge in [-0.2, -0.15) is 0 Å². The maximum Gasteiger partial charge on any atom is 0.410 e. The third-order valence-corrected chi connectivity index (χ3v) is 4.52. The van der Waals surface area contributed by atoms with Crippen molar-refractivity contribution >= 4 is 17.4 Å². The zero-order valence-corrected chi connectivity index (χ0v) is 14.1. The van der Waals surface area contributed by atoms with Crippen LogP contribution >= 0.6 is 11.3 Å². The van der Waals surface area contributed by atoms with Crippen molar-refractivity contribution < 1.29 is 14.3 Å². The van der Waals surface area contributed by atoms with Gasteiger partial charge in [-0.1, -0.05) is 6.07 Å². The summed E-state index contributed by atoms with van der Waals surface area (Å²) in [6.45, 7) is 9.06. The van der Waals surface area contributed by atoms with Crippen LogP contribution in [0.1, 0.15) is 51.5 Å². The molecule has 0 spiro atoms. The lowest BCUT2D eigenvalue weighted by atomic mass is 10.2. The first-order valence-corrected chi connectivity index (χ1v) is 8.39. The van der Waals surface area contributed by atoms with Crippen LogP contribution in [0.15, 0.2) is 17.5 Å². The molecule has 0 aliphatic carbocycles. The third kappa shape index (κ3) is 4.71. The van der Waals surface area contributed by atoms with Gasteiger partial charge in [-0.15, -0.1) is 11.3 Å². The average molecular weight is 311 g/mol. The Balaban J connectivity index is 1.86. The molecule has 1 aromatic heterocycles. The minimum Gasteiger partial charge on any atom is -0.444 e. The Kier molecular flexibility index (Phi) is 5.27. The Labute approximate surface area is 131 Å². The highest BCUT2D eigenvalue weighted by Crippen LogP contribution is 2.25. The fourth-order valence-electron chi connectivity index (χ4n) is 2.43. The summed E-state index contributed by atoms with van der Waals surface area (Å²) in [5, 5.41) is 2.05. The van der Waals surface area contributed by atoms with Crippen molar-refractivity contribution in [2.45, 2.75) is 58.3 Å². The van der Waals surface area contributed by atoms with E-state index in [1.54, 1.807) is 11.3 Å². The minimum absolute atomic E-state index is 0.0751. The predicted molar refractivity (Wildman–Crippen MR) is 84.6 cm³/mol. The van der Waals surface area contributed by atoms with Gasteiger partial charge in [0.05, 0.1) is 18.8 Å². The van der Waals surface area contributed by atoms with E-state index >= 15 is 0 Å². The Morgan fingerprint density at radius 3 is 2.90 bits per heavy atom. The molecule has 1 aliphatic rings. The van der Waals surface area contributed by atoms with E-state index in [1.165, 1.54) is 4.88 Å². The highest BCUT2D eigenvalue weighted by Gasteiger charge is 2.32. The van der Waals surface area contributed by atoms with Gasteiger partial charge in [0, 0.05) is 11.4 Å². The molecule has 1 fully saturated rings. The molecule has 0 unspecified atom stereocenters. The van der Waals surface area contributed by atoms with Crippen LogP contribution < -0.4 is 0 Å². The van der Waals surface area contributed by atoms with Crippen molar-refractivity contribution in [1.82, 2.24) is 4.90 Å². The van der Waals surface area contributed by atoms with Gasteiger partial charge in [0.25, 0.3) is 0 Å². The lowest BCUT2D eigenvalue weighted by Gasteiger charge is -2.29. The molecule has 2 rings (SSSR count). The molecule has 0 radical (unpaired) electrons. The summed E-state index contributed by atoms with van der Waals surface area (Å²) >= 11 is 1.70. The third-order valence-electron chi connectivity index (χ3n) is 3.49. The van der Waals surface area contributed by atoms with E-state index in [-0.39, 0.29) is 18.2 Å². The molecule has 0 aromatic carbocycles. The van der Waals surface area contributed by atoms with E-state index < -0.39 is 5.60 Å². The molecule has 2 heterocycles. The molecule has 5 heteroatoms. The summed E-state index contributed by atoms with van der Waals surface area (Å²) in [5.41, 5.74) is -0.449. The SMILES string of the molecule is C[C@@H](OC[C@H]1CCCN1C(=O)OC(C)(C)C)c1cccs1. The van der Waals surface area contributed by atoms with Gasteiger partial charge in [-0.25, -0.2) is 4.79 Å². The van der Waals surface area contributed by atoms with Gasteiger partial charge in [0.1, 0.15) is 5.60 Å². The number of carbonyl (C=O) groups is 1. The van der Waals surface area contributed by atoms with E-state index in [9.17, 15) is 4.79 Å². The second-order valence-corrected chi connectivity index (χ2v) is 7.44. The molecule has 2 atom stereocenters. The summed E-state index contributed by atoms with van der Waals surface area (Å²) < 4.78 is 11.4. The molecule has 0 saturated carbocycles. The van der Waals surface area contributed by atoms with E-state index in [4.69, 9.17) is 9.47 Å². The van der Waals surface area contributed by atoms with Gasteiger partial charge in [-0.05, 0) is 52.0 Å². The zero-order valence-electron chi connectivity index (χ0n) is 13.3. The number of likely N-dealkylation sites (tertiary alicyclic amines) is 1. The van der Waals surface area contributed by atoms with Gasteiger partial charge >= 0.3 is 6.09 Å². The molecule has 118 valence electrons. The number of thiophene rings is 1. The molecule has 1 aliphatic heterocycles. The second kappa shape index (κ2) is 6.79. The monoisotopic (exact) mass is 311 g/mol. The van der Waals surface area contributed by atoms with Crippen LogP contribution in [0.5, 0.6) is 0 Å². The molecule has 1 aromatic rings. The Hall–Kier alpha value is -1.07. The number of carbonyl (C=O) groups excluding carboxylic acids is 1. The van der Waals surface area contributed by atoms with E-state index in [1.807, 2.05) is 31.7 Å². The summed E-state index contributed by atoms with van der Waals surface area (Å²) in [6.07, 6.45) is 1.85. The molecule has 1 saturated heterocycles. The van der Waals surface area contributed by atoms with Crippen LogP contribution in [-0.4, -0.2) is 35.8 Å². The number of hydrogen-bond acceptors (Lipinski definition) is 4. The Morgan fingerprint density at radius 1 is 1.52 bits per heavy atom. The van der Waals surface area contributed by atoms with Gasteiger partial charge < -0.3 is 14.4 Å². The average Bonchev–Trinajstić information content (AvgIpc) is 3.04. The van der Waals surface area contributed by atoms with Crippen LogP contribution in [0.4, 0.5) is 4.79 Å². The number of nitrogens with zero attached hydrogens (tertiary/aromatic N) is 1. The maximum atomic E-state index is 12.2. The topological polar surface area (TPSA) is 38.8 Å². The van der Waals surface area contributed by atoms with Crippen molar-refractivity contribution in [2.24, 2.45) is 0 Å². The van der Waals surface area contributed by atoms with E-state index in [2.05, 4.69) is 18.4 Å². The number of ether oxygens (including phenoxy) is 2. The lowest BCUT2D eigenvalue weighted by molar-refractivity contribution is -0.00109. The van der Waals surface area contributed by atoms with Crippen LogP contribution in [0.2, 0.25) is 0 Å². The standard InChI is InChI=1S/C16H25NO3S/c1-12(14-8-6-10-21-14)19-11-13-7-5-9-17(13)15(18)20-16(2,3)4/h6,8,10,12-13H,5,7,9,11H2,1-4H3/t12-,13-/m1/s1. The summed E-state index contributed by atoms with van der Waals surface area (Å²) in [4.78, 5) is 15.2. The molecular weight excluding hydrogens is 286 g/mol. The van der Waals surface area contributed by atoms with Crippen molar-refractivity contribution in [2.75, 3.05) is 13.2 Å². The highest BCUT2D eigenvalue weighted by molar-refractivity contribution is 7.10. The van der Waals surface area contributed by atoms with Gasteiger partial charge in [-0.3, -0.25) is 0 Å². The number of rotatable bonds is 4. The Bertz CT molecular complexity index is 453.